The number of nitrogens with zero attached hydrogens (tertiary/aromatic N) is 2. The standard InChI is InChI=1S/C24H22FN3O2/c25-18-4-1-15(2-5-18)17-3-6-21-20(13-17)23-19(22(14-29)27-21)9-12-28(23)24(30)16-7-10-26-11-8-16/h1-8,10-11,13,19,22-23,27,29H,9,12,14H2/t19-,22+,23-/m0/s1. The number of benzene rings is 2. The number of carbonyl (C=O) groups is 1. The predicted octanol–water partition coefficient (Wildman–Crippen LogP) is 3.88. The van der Waals surface area contributed by atoms with Crippen LogP contribution >= 0.6 is 0 Å². The van der Waals surface area contributed by atoms with E-state index in [9.17, 15) is 14.3 Å². The number of carbonyl (C=O) groups excluding carboxylic acids is 1. The fraction of sp³-hybridized carbons (Fsp3) is 0.250. The summed E-state index contributed by atoms with van der Waals surface area (Å²) in [5.74, 6) is -0.174. The number of anilines is 1. The van der Waals surface area contributed by atoms with Gasteiger partial charge in [-0.2, -0.15) is 0 Å². The Morgan fingerprint density at radius 1 is 1.10 bits per heavy atom. The van der Waals surface area contributed by atoms with Crippen LogP contribution in [0, 0.1) is 11.7 Å². The molecule has 5 nitrogen and oxygen atoms in total. The Morgan fingerprint density at radius 2 is 1.83 bits per heavy atom. The van der Waals surface area contributed by atoms with Crippen LogP contribution in [0.5, 0.6) is 0 Å². The maximum atomic E-state index is 13.4. The van der Waals surface area contributed by atoms with Crippen LogP contribution in [0.1, 0.15) is 28.4 Å². The lowest BCUT2D eigenvalue weighted by atomic mass is 9.82. The molecule has 2 aromatic carbocycles. The molecule has 2 aliphatic heterocycles. The summed E-state index contributed by atoms with van der Waals surface area (Å²) >= 11 is 0. The molecule has 1 fully saturated rings. The predicted molar refractivity (Wildman–Crippen MR) is 112 cm³/mol. The second kappa shape index (κ2) is 7.54. The molecule has 6 heteroatoms. The maximum Gasteiger partial charge on any atom is 0.254 e. The van der Waals surface area contributed by atoms with Crippen LogP contribution in [0.4, 0.5) is 10.1 Å². The van der Waals surface area contributed by atoms with E-state index in [1.165, 1.54) is 12.1 Å². The average molecular weight is 403 g/mol. The summed E-state index contributed by atoms with van der Waals surface area (Å²) < 4.78 is 13.4. The third-order valence-corrected chi connectivity index (χ3v) is 6.23. The minimum absolute atomic E-state index is 0.0115. The summed E-state index contributed by atoms with van der Waals surface area (Å²) in [7, 11) is 0. The highest BCUT2D eigenvalue weighted by molar-refractivity contribution is 5.94. The molecule has 0 radical (unpaired) electrons. The van der Waals surface area contributed by atoms with Crippen molar-refractivity contribution >= 4 is 11.6 Å². The molecule has 1 amide bonds. The van der Waals surface area contributed by atoms with Crippen molar-refractivity contribution in [1.82, 2.24) is 9.88 Å². The summed E-state index contributed by atoms with van der Waals surface area (Å²) in [6.07, 6.45) is 4.07. The highest BCUT2D eigenvalue weighted by atomic mass is 19.1. The first-order valence-corrected chi connectivity index (χ1v) is 10.1. The van der Waals surface area contributed by atoms with Crippen molar-refractivity contribution in [3.63, 3.8) is 0 Å². The monoisotopic (exact) mass is 403 g/mol. The fourth-order valence-electron chi connectivity index (χ4n) is 4.77. The Morgan fingerprint density at radius 3 is 2.57 bits per heavy atom. The van der Waals surface area contributed by atoms with E-state index in [0.29, 0.717) is 12.1 Å². The van der Waals surface area contributed by atoms with Crippen LogP contribution in [0.15, 0.2) is 67.0 Å². The van der Waals surface area contributed by atoms with Gasteiger partial charge in [-0.05, 0) is 59.5 Å². The Labute approximate surface area is 174 Å². The van der Waals surface area contributed by atoms with E-state index in [1.807, 2.05) is 17.0 Å². The first-order valence-electron chi connectivity index (χ1n) is 10.1. The molecule has 0 spiro atoms. The van der Waals surface area contributed by atoms with Crippen molar-refractivity contribution in [2.75, 3.05) is 18.5 Å². The van der Waals surface area contributed by atoms with E-state index in [2.05, 4.69) is 16.4 Å². The van der Waals surface area contributed by atoms with E-state index in [4.69, 9.17) is 0 Å². The average Bonchev–Trinajstić information content (AvgIpc) is 3.24. The van der Waals surface area contributed by atoms with Crippen molar-refractivity contribution in [2.45, 2.75) is 18.5 Å². The maximum absolute atomic E-state index is 13.4. The Hall–Kier alpha value is -3.25. The van der Waals surface area contributed by atoms with Gasteiger partial charge >= 0.3 is 0 Å². The minimum Gasteiger partial charge on any atom is -0.394 e. The zero-order chi connectivity index (χ0) is 20.7. The molecule has 2 N–H and O–H groups in total. The SMILES string of the molecule is O=C(c1ccncc1)N1CC[C@@H]2[C@H]1c1cc(-c3ccc(F)cc3)ccc1N[C@@H]2CO. The number of rotatable bonds is 3. The number of aliphatic hydroxyl groups is 1. The Kier molecular flexibility index (Phi) is 4.71. The number of likely N-dealkylation sites (tertiary alicyclic amines) is 1. The Balaban J connectivity index is 1.57. The van der Waals surface area contributed by atoms with Gasteiger partial charge in [-0.3, -0.25) is 9.78 Å². The van der Waals surface area contributed by atoms with Crippen LogP contribution in [0.25, 0.3) is 11.1 Å². The summed E-state index contributed by atoms with van der Waals surface area (Å²) in [6, 6.07) is 15.7. The van der Waals surface area contributed by atoms with E-state index in [0.717, 1.165) is 28.8 Å². The molecule has 0 unspecified atom stereocenters. The van der Waals surface area contributed by atoms with Gasteiger partial charge in [0.2, 0.25) is 0 Å². The normalized spacial score (nSPS) is 22.2. The lowest BCUT2D eigenvalue weighted by molar-refractivity contribution is 0.0701. The number of halogens is 1. The molecule has 1 saturated heterocycles. The highest BCUT2D eigenvalue weighted by Gasteiger charge is 2.45. The van der Waals surface area contributed by atoms with Gasteiger partial charge < -0.3 is 15.3 Å². The van der Waals surface area contributed by atoms with E-state index in [1.54, 1.807) is 36.7 Å². The third kappa shape index (κ3) is 3.13. The summed E-state index contributed by atoms with van der Waals surface area (Å²) in [6.45, 7) is 0.645. The van der Waals surface area contributed by atoms with Gasteiger partial charge in [0.25, 0.3) is 5.91 Å². The molecule has 3 aromatic rings. The molecule has 152 valence electrons. The zero-order valence-corrected chi connectivity index (χ0v) is 16.3. The number of aromatic nitrogens is 1. The summed E-state index contributed by atoms with van der Waals surface area (Å²) in [4.78, 5) is 19.2. The van der Waals surface area contributed by atoms with Crippen molar-refractivity contribution in [3.05, 3.63) is 83.9 Å². The largest absolute Gasteiger partial charge is 0.394 e. The molecular weight excluding hydrogens is 381 g/mol. The van der Waals surface area contributed by atoms with Crippen LogP contribution in [-0.2, 0) is 0 Å². The van der Waals surface area contributed by atoms with Gasteiger partial charge in [0.1, 0.15) is 5.82 Å². The number of hydrogen-bond acceptors (Lipinski definition) is 4. The quantitative estimate of drug-likeness (QED) is 0.697. The van der Waals surface area contributed by atoms with Gasteiger partial charge in [-0.15, -0.1) is 0 Å². The lowest BCUT2D eigenvalue weighted by Gasteiger charge is -2.39. The lowest BCUT2D eigenvalue weighted by Crippen LogP contribution is -2.42. The molecule has 2 aliphatic rings. The minimum atomic E-state index is -0.269. The molecule has 0 aliphatic carbocycles. The number of nitrogens with one attached hydrogen (secondary N) is 1. The fourth-order valence-corrected chi connectivity index (χ4v) is 4.77. The molecular formula is C24H22FN3O2. The molecule has 3 atom stereocenters. The van der Waals surface area contributed by atoms with Crippen LogP contribution < -0.4 is 5.32 Å². The first-order chi connectivity index (χ1) is 14.7. The number of hydrogen-bond donors (Lipinski definition) is 2. The van der Waals surface area contributed by atoms with E-state index >= 15 is 0 Å². The third-order valence-electron chi connectivity index (χ3n) is 6.23. The van der Waals surface area contributed by atoms with Gasteiger partial charge in [0, 0.05) is 36.1 Å². The Bertz CT molecular complexity index is 1070. The van der Waals surface area contributed by atoms with Crippen LogP contribution in [-0.4, -0.2) is 40.1 Å². The van der Waals surface area contributed by atoms with Gasteiger partial charge in [0.15, 0.2) is 0 Å². The molecule has 30 heavy (non-hydrogen) atoms. The van der Waals surface area contributed by atoms with Crippen molar-refractivity contribution in [2.24, 2.45) is 5.92 Å². The summed E-state index contributed by atoms with van der Waals surface area (Å²) in [5.41, 5.74) is 4.47. The number of fused-ring (bicyclic) bond motifs is 3. The van der Waals surface area contributed by atoms with E-state index < -0.39 is 0 Å². The summed E-state index contributed by atoms with van der Waals surface area (Å²) in [5, 5.41) is 13.4. The smallest absolute Gasteiger partial charge is 0.254 e. The first kappa shape index (κ1) is 18.8. The highest BCUT2D eigenvalue weighted by Crippen LogP contribution is 2.47. The number of amides is 1. The topological polar surface area (TPSA) is 65.5 Å². The molecule has 0 saturated carbocycles. The van der Waals surface area contributed by atoms with Gasteiger partial charge in [-0.1, -0.05) is 18.2 Å². The van der Waals surface area contributed by atoms with Crippen molar-refractivity contribution in [1.29, 1.82) is 0 Å². The molecule has 0 bridgehead atoms. The van der Waals surface area contributed by atoms with Crippen molar-refractivity contribution < 1.29 is 14.3 Å². The van der Waals surface area contributed by atoms with Gasteiger partial charge in [0.05, 0.1) is 18.7 Å². The van der Waals surface area contributed by atoms with Crippen LogP contribution in [0.2, 0.25) is 0 Å². The van der Waals surface area contributed by atoms with E-state index in [-0.39, 0.29) is 36.3 Å². The number of pyridine rings is 1. The second-order valence-electron chi connectivity index (χ2n) is 7.87. The molecule has 1 aromatic heterocycles. The van der Waals surface area contributed by atoms with Crippen molar-refractivity contribution in [3.8, 4) is 11.1 Å². The second-order valence-corrected chi connectivity index (χ2v) is 7.87. The molecule has 5 rings (SSSR count). The van der Waals surface area contributed by atoms with Gasteiger partial charge in [-0.25, -0.2) is 4.39 Å². The zero-order valence-electron chi connectivity index (χ0n) is 16.3. The van der Waals surface area contributed by atoms with Crippen LogP contribution in [0.3, 0.4) is 0 Å². The molecule has 3 heterocycles. The number of aliphatic hydroxyl groups excluding tert-OH is 1.